The first-order chi connectivity index (χ1) is 9.67. The molecule has 0 amide bonds. The third-order valence-electron chi connectivity index (χ3n) is 4.06. The number of thiazole rings is 1. The SMILES string of the molecule is CC1CCC(c2nc(CN)sc2-c2ccc(F)cc2)C1. The molecule has 20 heavy (non-hydrogen) atoms. The molecule has 1 aliphatic rings. The van der Waals surface area contributed by atoms with Gasteiger partial charge in [-0.3, -0.25) is 0 Å². The summed E-state index contributed by atoms with van der Waals surface area (Å²) >= 11 is 1.65. The van der Waals surface area contributed by atoms with Gasteiger partial charge < -0.3 is 5.73 Å². The Bertz CT molecular complexity index is 591. The molecule has 2 atom stereocenters. The van der Waals surface area contributed by atoms with Crippen LogP contribution in [0.5, 0.6) is 0 Å². The first-order valence-electron chi connectivity index (χ1n) is 7.13. The van der Waals surface area contributed by atoms with Gasteiger partial charge in [0.2, 0.25) is 0 Å². The average molecular weight is 290 g/mol. The Labute approximate surface area is 122 Å². The van der Waals surface area contributed by atoms with Crippen molar-refractivity contribution in [1.82, 2.24) is 4.98 Å². The molecule has 0 radical (unpaired) electrons. The van der Waals surface area contributed by atoms with Crippen molar-refractivity contribution in [2.45, 2.75) is 38.6 Å². The van der Waals surface area contributed by atoms with E-state index in [1.165, 1.54) is 42.0 Å². The van der Waals surface area contributed by atoms with Gasteiger partial charge in [-0.25, -0.2) is 9.37 Å². The first-order valence-corrected chi connectivity index (χ1v) is 7.94. The molecule has 2 nitrogen and oxygen atoms in total. The summed E-state index contributed by atoms with van der Waals surface area (Å²) in [6.45, 7) is 2.77. The van der Waals surface area contributed by atoms with Crippen molar-refractivity contribution < 1.29 is 4.39 Å². The van der Waals surface area contributed by atoms with Crippen LogP contribution >= 0.6 is 11.3 Å². The van der Waals surface area contributed by atoms with Crippen molar-refractivity contribution in [3.63, 3.8) is 0 Å². The van der Waals surface area contributed by atoms with Crippen LogP contribution in [0.2, 0.25) is 0 Å². The van der Waals surface area contributed by atoms with Crippen molar-refractivity contribution in [3.8, 4) is 10.4 Å². The third-order valence-corrected chi connectivity index (χ3v) is 5.20. The second kappa shape index (κ2) is 5.62. The van der Waals surface area contributed by atoms with Crippen LogP contribution in [0.15, 0.2) is 24.3 Å². The number of benzene rings is 1. The van der Waals surface area contributed by atoms with E-state index in [1.54, 1.807) is 11.3 Å². The van der Waals surface area contributed by atoms with E-state index in [1.807, 2.05) is 12.1 Å². The van der Waals surface area contributed by atoms with Crippen LogP contribution in [0, 0.1) is 11.7 Å². The van der Waals surface area contributed by atoms with Gasteiger partial charge in [-0.2, -0.15) is 0 Å². The highest BCUT2D eigenvalue weighted by Crippen LogP contribution is 2.43. The van der Waals surface area contributed by atoms with Crippen LogP contribution in [0.1, 0.15) is 42.8 Å². The minimum atomic E-state index is -0.201. The molecule has 0 saturated heterocycles. The molecule has 4 heteroatoms. The van der Waals surface area contributed by atoms with E-state index in [4.69, 9.17) is 10.7 Å². The summed E-state index contributed by atoms with van der Waals surface area (Å²) in [6, 6.07) is 6.70. The highest BCUT2D eigenvalue weighted by atomic mass is 32.1. The second-order valence-corrected chi connectivity index (χ2v) is 6.73. The van der Waals surface area contributed by atoms with E-state index in [0.717, 1.165) is 16.5 Å². The highest BCUT2D eigenvalue weighted by molar-refractivity contribution is 7.15. The average Bonchev–Trinajstić information content (AvgIpc) is 3.05. The number of hydrogen-bond acceptors (Lipinski definition) is 3. The lowest BCUT2D eigenvalue weighted by molar-refractivity contribution is 0.593. The summed E-state index contributed by atoms with van der Waals surface area (Å²) in [5.74, 6) is 1.10. The van der Waals surface area contributed by atoms with E-state index < -0.39 is 0 Å². The predicted octanol–water partition coefficient (Wildman–Crippen LogP) is 4.31. The summed E-state index contributed by atoms with van der Waals surface area (Å²) in [5.41, 5.74) is 7.97. The molecule has 1 aromatic carbocycles. The van der Waals surface area contributed by atoms with Crippen LogP contribution in [-0.4, -0.2) is 4.98 Å². The van der Waals surface area contributed by atoms with Crippen molar-refractivity contribution in [1.29, 1.82) is 0 Å². The molecule has 3 rings (SSSR count). The van der Waals surface area contributed by atoms with Crippen molar-refractivity contribution in [3.05, 3.63) is 40.8 Å². The fraction of sp³-hybridized carbons (Fsp3) is 0.438. The summed E-state index contributed by atoms with van der Waals surface area (Å²) < 4.78 is 13.1. The summed E-state index contributed by atoms with van der Waals surface area (Å²) in [7, 11) is 0. The molecule has 2 N–H and O–H groups in total. The summed E-state index contributed by atoms with van der Waals surface area (Å²) in [4.78, 5) is 5.91. The van der Waals surface area contributed by atoms with Gasteiger partial charge in [-0.1, -0.05) is 25.5 Å². The molecule has 106 valence electrons. The van der Waals surface area contributed by atoms with Gasteiger partial charge in [0.05, 0.1) is 10.6 Å². The van der Waals surface area contributed by atoms with Gasteiger partial charge >= 0.3 is 0 Å². The Morgan fingerprint density at radius 2 is 2.05 bits per heavy atom. The zero-order valence-corrected chi connectivity index (χ0v) is 12.4. The minimum absolute atomic E-state index is 0.201. The molecule has 1 aromatic heterocycles. The van der Waals surface area contributed by atoms with Gasteiger partial charge in [0.15, 0.2) is 0 Å². The lowest BCUT2D eigenvalue weighted by Gasteiger charge is -2.09. The molecule has 0 aliphatic heterocycles. The number of hydrogen-bond donors (Lipinski definition) is 1. The molecule has 0 bridgehead atoms. The van der Waals surface area contributed by atoms with E-state index >= 15 is 0 Å². The van der Waals surface area contributed by atoms with E-state index in [0.29, 0.717) is 12.5 Å². The minimum Gasteiger partial charge on any atom is -0.325 e. The Morgan fingerprint density at radius 3 is 2.65 bits per heavy atom. The predicted molar refractivity (Wildman–Crippen MR) is 81.2 cm³/mol. The largest absolute Gasteiger partial charge is 0.325 e. The van der Waals surface area contributed by atoms with Gasteiger partial charge in [-0.15, -0.1) is 11.3 Å². The number of aromatic nitrogens is 1. The maximum absolute atomic E-state index is 13.1. The third kappa shape index (κ3) is 2.63. The quantitative estimate of drug-likeness (QED) is 0.914. The normalized spacial score (nSPS) is 22.4. The Hall–Kier alpha value is -1.26. The van der Waals surface area contributed by atoms with Gasteiger partial charge in [0.25, 0.3) is 0 Å². The van der Waals surface area contributed by atoms with Gasteiger partial charge in [-0.05, 0) is 36.5 Å². The maximum atomic E-state index is 13.1. The number of nitrogens with two attached hydrogens (primary N) is 1. The van der Waals surface area contributed by atoms with Crippen LogP contribution in [0.4, 0.5) is 4.39 Å². The topological polar surface area (TPSA) is 38.9 Å². The zero-order valence-electron chi connectivity index (χ0n) is 11.6. The molecule has 1 fully saturated rings. The lowest BCUT2D eigenvalue weighted by atomic mass is 9.99. The monoisotopic (exact) mass is 290 g/mol. The van der Waals surface area contributed by atoms with Crippen LogP contribution in [0.25, 0.3) is 10.4 Å². The Morgan fingerprint density at radius 1 is 1.30 bits per heavy atom. The fourth-order valence-corrected chi connectivity index (χ4v) is 4.04. The van der Waals surface area contributed by atoms with Gasteiger partial charge in [0.1, 0.15) is 10.8 Å². The lowest BCUT2D eigenvalue weighted by Crippen LogP contribution is -1.99. The zero-order chi connectivity index (χ0) is 14.1. The number of rotatable bonds is 3. The molecular formula is C16H19FN2S. The molecule has 2 unspecified atom stereocenters. The molecule has 1 saturated carbocycles. The molecule has 0 spiro atoms. The summed E-state index contributed by atoms with van der Waals surface area (Å²) in [6.07, 6.45) is 3.66. The smallest absolute Gasteiger partial charge is 0.123 e. The van der Waals surface area contributed by atoms with Crippen LogP contribution < -0.4 is 5.73 Å². The van der Waals surface area contributed by atoms with E-state index in [2.05, 4.69) is 6.92 Å². The molecule has 2 aromatic rings. The van der Waals surface area contributed by atoms with Gasteiger partial charge in [0, 0.05) is 12.5 Å². The van der Waals surface area contributed by atoms with E-state index in [-0.39, 0.29) is 5.82 Å². The molecule has 1 aliphatic carbocycles. The first kappa shape index (κ1) is 13.7. The van der Waals surface area contributed by atoms with Crippen LogP contribution in [-0.2, 0) is 6.54 Å². The van der Waals surface area contributed by atoms with Crippen molar-refractivity contribution >= 4 is 11.3 Å². The highest BCUT2D eigenvalue weighted by Gasteiger charge is 2.28. The molecular weight excluding hydrogens is 271 g/mol. The van der Waals surface area contributed by atoms with Crippen LogP contribution in [0.3, 0.4) is 0 Å². The second-order valence-electron chi connectivity index (χ2n) is 5.65. The summed E-state index contributed by atoms with van der Waals surface area (Å²) in [5, 5.41) is 0.971. The molecule has 1 heterocycles. The Balaban J connectivity index is 2.00. The number of nitrogens with zero attached hydrogens (tertiary/aromatic N) is 1. The fourth-order valence-electron chi connectivity index (χ4n) is 3.01. The van der Waals surface area contributed by atoms with E-state index in [9.17, 15) is 4.39 Å². The standard InChI is InChI=1S/C16H19FN2S/c1-10-2-3-12(8-10)15-16(20-14(9-18)19-15)11-4-6-13(17)7-5-11/h4-7,10,12H,2-3,8-9,18H2,1H3. The van der Waals surface area contributed by atoms with Crippen molar-refractivity contribution in [2.24, 2.45) is 11.7 Å². The Kier molecular flexibility index (Phi) is 3.85. The van der Waals surface area contributed by atoms with Crippen molar-refractivity contribution in [2.75, 3.05) is 0 Å². The maximum Gasteiger partial charge on any atom is 0.123 e. The number of halogens is 1.